The summed E-state index contributed by atoms with van der Waals surface area (Å²) in [6.45, 7) is 25.6. The first-order valence-electron chi connectivity index (χ1n) is 30.0. The molecular weight excluding hydrogens is 1080 g/mol. The molecule has 15 fully saturated rings. The normalized spacial score (nSPS) is 40.3. The Morgan fingerprint density at radius 2 is 0.976 bits per heavy atom. The lowest BCUT2D eigenvalue weighted by Crippen LogP contribution is -2.62. The number of rotatable bonds is 15. The lowest BCUT2D eigenvalue weighted by molar-refractivity contribution is -0.221. The third-order valence-corrected chi connectivity index (χ3v) is 22.8. The average Bonchev–Trinajstić information content (AvgIpc) is 4.17. The Bertz CT molecular complexity index is 2650. The molecule has 1 saturated heterocycles. The van der Waals surface area contributed by atoms with E-state index in [2.05, 4.69) is 44.9 Å². The zero-order chi connectivity index (χ0) is 59.6. The van der Waals surface area contributed by atoms with Gasteiger partial charge in [0.1, 0.15) is 29.0 Å². The van der Waals surface area contributed by atoms with Crippen molar-refractivity contribution in [2.75, 3.05) is 19.8 Å². The fourth-order valence-electron chi connectivity index (χ4n) is 18.4. The number of carbonyl (C=O) groups excluding carboxylic acids is 7. The van der Waals surface area contributed by atoms with Crippen molar-refractivity contribution in [2.45, 2.75) is 204 Å². The fraction of sp³-hybridized carbons (Fsp3) is 0.762. The van der Waals surface area contributed by atoms with Gasteiger partial charge in [0.05, 0.1) is 10.9 Å². The summed E-state index contributed by atoms with van der Waals surface area (Å²) < 4.78 is 65.7. The van der Waals surface area contributed by atoms with Crippen LogP contribution in [-0.4, -0.2) is 115 Å². The number of hydrogen-bond acceptors (Lipinski definition) is 18. The van der Waals surface area contributed by atoms with Crippen LogP contribution in [0.3, 0.4) is 0 Å². The lowest BCUT2D eigenvalue weighted by Gasteiger charge is -2.61. The van der Waals surface area contributed by atoms with Crippen LogP contribution in [0.15, 0.2) is 48.6 Å². The molecule has 7 unspecified atom stereocenters. The van der Waals surface area contributed by atoms with Gasteiger partial charge in [-0.1, -0.05) is 40.2 Å². The van der Waals surface area contributed by atoms with E-state index in [1.165, 1.54) is 58.8 Å². The van der Waals surface area contributed by atoms with Gasteiger partial charge in [-0.25, -0.2) is 33.6 Å². The first-order valence-corrected chi connectivity index (χ1v) is 31.5. The standard InChI is InChI=1S/C19H26O6.C17H26O2.C14H20O3.C13H16O7S/c1-11(2)18(22)24-9-16(20)23-10-17(21)25-19(3)14-5-12-4-13(7-14)8-15(19)6-12;1-10(2)16(18)19-17(11(3)4)14-6-12-5-13(8-14)9-15(17)7-12;1-9(2)12(15)17-14-6-10-3-11(7-14)5-13(16,4-10)8-14;1-6(2)13(15)18-5-10(14)19-11-7-3-8-9(4-7)21(16,17)20-12(8)11/h12-15H,1,4-10H2,2-3H3;11-15H,1,5-9H2,2-4H3;10-11,16H,1,3-8H2,2H3;7-9,11-12H,1,3-5H2,2H3. The summed E-state index contributed by atoms with van der Waals surface area (Å²) in [5.74, 6) is 2.97. The molecule has 0 radical (unpaired) electrons. The van der Waals surface area contributed by atoms with E-state index in [0.717, 1.165) is 75.0 Å². The molecule has 14 bridgehead atoms. The summed E-state index contributed by atoms with van der Waals surface area (Å²) in [5, 5.41) is 10.1. The molecule has 18 nitrogen and oxygen atoms in total. The quantitative estimate of drug-likeness (QED) is 0.0697. The highest BCUT2D eigenvalue weighted by Gasteiger charge is 2.66. The van der Waals surface area contributed by atoms with Crippen molar-refractivity contribution in [2.24, 2.45) is 76.9 Å². The fourth-order valence-corrected chi connectivity index (χ4v) is 20.3. The van der Waals surface area contributed by atoms with Crippen molar-refractivity contribution in [3.05, 3.63) is 48.6 Å². The largest absolute Gasteiger partial charge is 0.457 e. The molecular formula is C63H88O18S. The smallest absolute Gasteiger partial charge is 0.344 e. The minimum atomic E-state index is -3.53. The van der Waals surface area contributed by atoms with Crippen LogP contribution in [0.4, 0.5) is 0 Å². The minimum Gasteiger partial charge on any atom is -0.457 e. The van der Waals surface area contributed by atoms with Crippen molar-refractivity contribution >= 4 is 51.9 Å². The summed E-state index contributed by atoms with van der Waals surface area (Å²) in [6, 6.07) is 0. The van der Waals surface area contributed by atoms with Gasteiger partial charge in [-0.05, 0) is 209 Å². The third-order valence-electron chi connectivity index (χ3n) is 21.0. The highest BCUT2D eigenvalue weighted by atomic mass is 32.2. The van der Waals surface area contributed by atoms with Gasteiger partial charge in [-0.2, -0.15) is 8.42 Å². The molecule has 7 atom stereocenters. The molecule has 1 N–H and O–H groups in total. The average molecular weight is 1170 g/mol. The lowest BCUT2D eigenvalue weighted by atomic mass is 9.47. The summed E-state index contributed by atoms with van der Waals surface area (Å²) in [7, 11) is -3.53. The highest BCUT2D eigenvalue weighted by molar-refractivity contribution is 7.87. The van der Waals surface area contributed by atoms with Crippen LogP contribution in [0.5, 0.6) is 0 Å². The Morgan fingerprint density at radius 3 is 1.44 bits per heavy atom. The SMILES string of the molecule is C=C(C)C(=O)OC1(C(C)C)C2CC3CC(C2)CC1C3.C=C(C)C(=O)OC12CC3CC(CC(O)(C3)C1)C2.C=C(C)C(=O)OCC(=O)OC1C2CC3C1OS(=O)(=O)C3C2.C=C(C)C(=O)OCC(=O)OCC(=O)OC1(C)C2CC3CC(C2)CC1C3. The van der Waals surface area contributed by atoms with Gasteiger partial charge >= 0.3 is 41.8 Å². The first-order chi connectivity index (χ1) is 38.4. The minimum absolute atomic E-state index is 0.00284. The maximum atomic E-state index is 12.2. The van der Waals surface area contributed by atoms with Gasteiger partial charge in [-0.3, -0.25) is 4.18 Å². The van der Waals surface area contributed by atoms with Crippen molar-refractivity contribution in [1.29, 1.82) is 0 Å². The summed E-state index contributed by atoms with van der Waals surface area (Å²) in [5.41, 5.74) is -0.236. The Hall–Kier alpha value is -4.88. The van der Waals surface area contributed by atoms with E-state index in [1.807, 2.05) is 6.92 Å². The molecule has 1 aliphatic heterocycles. The molecule has 15 rings (SSSR count). The second-order valence-corrected chi connectivity index (χ2v) is 29.6. The van der Waals surface area contributed by atoms with Crippen molar-refractivity contribution in [3.63, 3.8) is 0 Å². The van der Waals surface area contributed by atoms with Crippen LogP contribution in [0.25, 0.3) is 0 Å². The van der Waals surface area contributed by atoms with E-state index < -0.39 is 94.0 Å². The maximum Gasteiger partial charge on any atom is 0.344 e. The van der Waals surface area contributed by atoms with Crippen LogP contribution in [-0.2, 0) is 81.0 Å². The Kier molecular flexibility index (Phi) is 17.7. The molecule has 14 aliphatic carbocycles. The van der Waals surface area contributed by atoms with Crippen LogP contribution in [0.2, 0.25) is 0 Å². The number of esters is 7. The Balaban J connectivity index is 0.000000133. The first kappa shape index (κ1) is 61.7. The second-order valence-electron chi connectivity index (χ2n) is 27.8. The molecule has 454 valence electrons. The van der Waals surface area contributed by atoms with Gasteiger partial charge in [0, 0.05) is 40.5 Å². The van der Waals surface area contributed by atoms with E-state index in [-0.39, 0.29) is 40.5 Å². The van der Waals surface area contributed by atoms with Gasteiger partial charge < -0.3 is 38.3 Å². The molecule has 1 heterocycles. The zero-order valence-corrected chi connectivity index (χ0v) is 50.0. The molecule has 0 amide bonds. The predicted octanol–water partition coefficient (Wildman–Crippen LogP) is 8.71. The molecule has 0 aromatic heterocycles. The van der Waals surface area contributed by atoms with Crippen LogP contribution in [0.1, 0.15) is 164 Å². The molecule has 0 spiro atoms. The number of hydrogen-bond donors (Lipinski definition) is 1. The molecule has 14 saturated carbocycles. The van der Waals surface area contributed by atoms with Crippen LogP contribution >= 0.6 is 0 Å². The Labute approximate surface area is 483 Å². The third kappa shape index (κ3) is 12.7. The van der Waals surface area contributed by atoms with Crippen LogP contribution in [0, 0.1) is 76.9 Å². The Morgan fingerprint density at radius 1 is 0.537 bits per heavy atom. The zero-order valence-electron chi connectivity index (χ0n) is 49.2. The highest BCUT2D eigenvalue weighted by Crippen LogP contribution is 2.63. The van der Waals surface area contributed by atoms with E-state index in [4.69, 9.17) is 32.6 Å². The number of fused-ring (bicyclic) bond motifs is 1. The topological polar surface area (TPSA) is 248 Å². The van der Waals surface area contributed by atoms with Crippen molar-refractivity contribution < 1.29 is 84.4 Å². The monoisotopic (exact) mass is 1160 g/mol. The summed E-state index contributed by atoms with van der Waals surface area (Å²) in [4.78, 5) is 81.7. The van der Waals surface area contributed by atoms with E-state index in [1.54, 1.807) is 13.8 Å². The summed E-state index contributed by atoms with van der Waals surface area (Å²) >= 11 is 0. The van der Waals surface area contributed by atoms with Crippen molar-refractivity contribution in [1.82, 2.24) is 0 Å². The molecule has 19 heteroatoms. The number of ether oxygens (including phenoxy) is 7. The second kappa shape index (κ2) is 23.5. The van der Waals surface area contributed by atoms with E-state index in [9.17, 15) is 47.1 Å². The van der Waals surface area contributed by atoms with Gasteiger partial charge in [0.15, 0.2) is 19.8 Å². The van der Waals surface area contributed by atoms with Gasteiger partial charge in [0.25, 0.3) is 10.1 Å². The predicted molar refractivity (Wildman–Crippen MR) is 297 cm³/mol. The van der Waals surface area contributed by atoms with Gasteiger partial charge in [0.2, 0.25) is 0 Å². The van der Waals surface area contributed by atoms with Crippen molar-refractivity contribution in [3.8, 4) is 0 Å². The molecule has 15 aliphatic rings. The summed E-state index contributed by atoms with van der Waals surface area (Å²) in [6.07, 6.45) is 17.9. The number of aliphatic hydroxyl groups is 1. The van der Waals surface area contributed by atoms with Crippen LogP contribution < -0.4 is 0 Å². The molecule has 0 aromatic rings. The number of carbonyl (C=O) groups is 7. The molecule has 0 aromatic carbocycles. The van der Waals surface area contributed by atoms with E-state index in [0.29, 0.717) is 71.8 Å². The maximum absolute atomic E-state index is 12.2. The molecule has 82 heavy (non-hydrogen) atoms. The van der Waals surface area contributed by atoms with E-state index >= 15 is 0 Å². The van der Waals surface area contributed by atoms with Gasteiger partial charge in [-0.15, -0.1) is 0 Å².